The van der Waals surface area contributed by atoms with Crippen LogP contribution in [0.15, 0.2) is 91.0 Å². The van der Waals surface area contributed by atoms with Crippen LogP contribution in [0.3, 0.4) is 0 Å². The fraction of sp³-hybridized carbons (Fsp3) is 0.458. The Morgan fingerprint density at radius 2 is 0.955 bits per heavy atom. The summed E-state index contributed by atoms with van der Waals surface area (Å²) in [4.78, 5) is 33.9. The van der Waals surface area contributed by atoms with Gasteiger partial charge in [0.1, 0.15) is 23.8 Å². The summed E-state index contributed by atoms with van der Waals surface area (Å²) in [5.74, 6) is -0.989. The summed E-state index contributed by atoms with van der Waals surface area (Å²) in [5.41, 5.74) is 2.58. The van der Waals surface area contributed by atoms with E-state index in [1.54, 1.807) is 25.5 Å². The zero-order valence-corrected chi connectivity index (χ0v) is 37.3. The highest BCUT2D eigenvalue weighted by Crippen LogP contribution is 2.58. The van der Waals surface area contributed by atoms with E-state index in [2.05, 4.69) is 42.4 Å². The van der Waals surface area contributed by atoms with Crippen LogP contribution in [0.4, 0.5) is 26.3 Å². The normalized spacial score (nSPS) is 23.6. The fourth-order valence-corrected chi connectivity index (χ4v) is 9.53. The first-order chi connectivity index (χ1) is 32.1. The zero-order valence-electron chi connectivity index (χ0n) is 37.3. The van der Waals surface area contributed by atoms with Gasteiger partial charge >= 0.3 is 5.97 Å². The molecule has 6 atom stereocenters. The van der Waals surface area contributed by atoms with Gasteiger partial charge in [-0.2, -0.15) is 0 Å². The lowest BCUT2D eigenvalue weighted by Crippen LogP contribution is -2.18. The second kappa shape index (κ2) is 20.3. The smallest absolute Gasteiger partial charge is 0.307 e. The molecule has 19 heteroatoms. The zero-order chi connectivity index (χ0) is 48.1. The summed E-state index contributed by atoms with van der Waals surface area (Å²) in [6.45, 7) is 6.48. The number of aldehydes is 1. The van der Waals surface area contributed by atoms with Gasteiger partial charge in [-0.05, 0) is 81.9 Å². The van der Waals surface area contributed by atoms with Crippen molar-refractivity contribution < 1.29 is 46.1 Å². The van der Waals surface area contributed by atoms with Crippen LogP contribution >= 0.6 is 0 Å². The Morgan fingerprint density at radius 1 is 0.597 bits per heavy atom. The molecule has 3 aliphatic carbocycles. The highest BCUT2D eigenvalue weighted by atomic mass is 19.3. The maximum Gasteiger partial charge on any atom is 0.307 e. The van der Waals surface area contributed by atoms with Crippen molar-refractivity contribution in [2.24, 2.45) is 17.8 Å². The number of carbonyl (C=O) groups is 2. The molecule has 3 saturated carbocycles. The van der Waals surface area contributed by atoms with E-state index in [1.807, 2.05) is 78.9 Å². The van der Waals surface area contributed by atoms with Crippen LogP contribution in [-0.4, -0.2) is 73.4 Å². The number of aryl methyl sites for hydroxylation is 6. The summed E-state index contributed by atoms with van der Waals surface area (Å²) in [6, 6.07) is 29.4. The Balaban J connectivity index is 0.000000149. The molecule has 3 aromatic heterocycles. The van der Waals surface area contributed by atoms with E-state index >= 15 is 0 Å². The van der Waals surface area contributed by atoms with Gasteiger partial charge in [0.05, 0.1) is 5.92 Å². The van der Waals surface area contributed by atoms with Gasteiger partial charge in [-0.1, -0.05) is 91.0 Å². The first-order valence-electron chi connectivity index (χ1n) is 22.1. The maximum absolute atomic E-state index is 12.7. The summed E-state index contributed by atoms with van der Waals surface area (Å²) < 4.78 is 80.4. The second-order valence-corrected chi connectivity index (χ2v) is 17.6. The van der Waals surface area contributed by atoms with Crippen molar-refractivity contribution in [2.75, 3.05) is 6.61 Å². The van der Waals surface area contributed by atoms with E-state index in [0.717, 1.165) is 36.7 Å². The van der Waals surface area contributed by atoms with Gasteiger partial charge in [0.2, 0.25) is 17.5 Å². The van der Waals surface area contributed by atoms with E-state index in [1.165, 1.54) is 14.9 Å². The number of hydrogen-bond donors (Lipinski definition) is 2. The van der Waals surface area contributed by atoms with Crippen molar-refractivity contribution in [1.82, 2.24) is 44.3 Å². The molecule has 2 N–H and O–H groups in total. The molecule has 3 aliphatic rings. The summed E-state index contributed by atoms with van der Waals surface area (Å²) in [6.07, 6.45) is -2.76. The molecular formula is C48H53F6N9O4. The van der Waals surface area contributed by atoms with Gasteiger partial charge in [-0.15, -0.1) is 15.3 Å². The molecule has 3 heterocycles. The lowest BCUT2D eigenvalue weighted by Gasteiger charge is -2.18. The van der Waals surface area contributed by atoms with Crippen molar-refractivity contribution in [2.45, 2.75) is 114 Å². The average Bonchev–Trinajstić information content (AvgIpc) is 4.27. The van der Waals surface area contributed by atoms with Crippen LogP contribution in [-0.2, 0) is 45.5 Å². The quantitative estimate of drug-likeness (QED) is 0.0628. The second-order valence-electron chi connectivity index (χ2n) is 17.6. The van der Waals surface area contributed by atoms with Crippen LogP contribution in [0.5, 0.6) is 0 Å². The van der Waals surface area contributed by atoms with Gasteiger partial charge in [0.25, 0.3) is 19.3 Å². The maximum atomic E-state index is 12.7. The first kappa shape index (κ1) is 48.7. The van der Waals surface area contributed by atoms with Crippen LogP contribution in [0.1, 0.15) is 109 Å². The molecule has 9 rings (SSSR count). The molecule has 0 amide bonds. The highest BCUT2D eigenvalue weighted by Gasteiger charge is 2.59. The molecule has 0 bridgehead atoms. The number of alkyl halides is 6. The number of carboxylic acid groups (broad SMARTS) is 1. The van der Waals surface area contributed by atoms with Crippen molar-refractivity contribution in [3.8, 4) is 0 Å². The van der Waals surface area contributed by atoms with Crippen molar-refractivity contribution in [3.05, 3.63) is 143 Å². The van der Waals surface area contributed by atoms with Crippen molar-refractivity contribution >= 4 is 12.3 Å². The minimum Gasteiger partial charge on any atom is -0.481 e. The summed E-state index contributed by atoms with van der Waals surface area (Å²) in [7, 11) is 0. The molecule has 3 fully saturated rings. The van der Waals surface area contributed by atoms with Crippen LogP contribution in [0.25, 0.3) is 0 Å². The number of carbonyl (C=O) groups excluding carboxylic acids is 1. The number of halogens is 6. The SMILES string of the molecule is Cc1nc(C(F)F)nn1CC[C@@]1(c2ccccc2)C[C@H]1C(=O)O.Cc1nc(C(F)F)nn1CC[C@@]1(c2ccccc2)C[C@H]1C=O.Cc1nc(C(F)F)nn1CC[C@@]1(c2ccccc2)C[C@H]1CO. The van der Waals surface area contributed by atoms with Gasteiger partial charge < -0.3 is 15.0 Å². The first-order valence-corrected chi connectivity index (χ1v) is 22.1. The Hall–Kier alpha value is -6.24. The Bertz CT molecular complexity index is 2600. The molecule has 13 nitrogen and oxygen atoms in total. The van der Waals surface area contributed by atoms with E-state index in [4.69, 9.17) is 0 Å². The molecule has 0 unspecified atom stereocenters. The average molecular weight is 934 g/mol. The number of aliphatic hydroxyl groups is 1. The van der Waals surface area contributed by atoms with Gasteiger partial charge in [0.15, 0.2) is 0 Å². The lowest BCUT2D eigenvalue weighted by atomic mass is 9.89. The van der Waals surface area contributed by atoms with E-state index in [-0.39, 0.29) is 29.3 Å². The minimum absolute atomic E-state index is 0.00621. The topological polar surface area (TPSA) is 167 Å². The minimum atomic E-state index is -2.70. The molecular weight excluding hydrogens is 881 g/mol. The van der Waals surface area contributed by atoms with E-state index < -0.39 is 54.1 Å². The van der Waals surface area contributed by atoms with Crippen molar-refractivity contribution in [3.63, 3.8) is 0 Å². The predicted octanol–water partition coefficient (Wildman–Crippen LogP) is 8.89. The molecule has 0 saturated heterocycles. The van der Waals surface area contributed by atoms with Crippen LogP contribution in [0.2, 0.25) is 0 Å². The van der Waals surface area contributed by atoms with Crippen molar-refractivity contribution in [1.29, 1.82) is 0 Å². The molecule has 0 spiro atoms. The van der Waals surface area contributed by atoms with Crippen LogP contribution < -0.4 is 0 Å². The summed E-state index contributed by atoms with van der Waals surface area (Å²) in [5, 5.41) is 30.4. The monoisotopic (exact) mass is 933 g/mol. The molecule has 6 aromatic rings. The Kier molecular flexibility index (Phi) is 14.8. The standard InChI is InChI=1S/C16H17F2N3O2.C16H19F2N3O.C16H17F2N3O/c1-10-19-14(13(17)18)20-21(10)8-7-16(9-12(16)15(22)23)11-5-3-2-4-6-11;2*1-11-19-15(14(17)18)20-21(11)8-7-16(9-13(16)10-22)12-5-3-2-4-6-12/h2-6,12-13H,7-9H2,1H3,(H,22,23);2-6,13-14,22H,7-10H2,1H3;2-6,10,13-14H,7-9H2,1H3/t12-,16-;2*13-,16-/m000/s1. The van der Waals surface area contributed by atoms with Gasteiger partial charge in [-0.3, -0.25) is 4.79 Å². The number of aromatic nitrogens is 9. The largest absolute Gasteiger partial charge is 0.481 e. The molecule has 0 radical (unpaired) electrons. The van der Waals surface area contributed by atoms with E-state index in [0.29, 0.717) is 56.4 Å². The Morgan fingerprint density at radius 3 is 1.25 bits per heavy atom. The third-order valence-electron chi connectivity index (χ3n) is 13.7. The fourth-order valence-electron chi connectivity index (χ4n) is 9.53. The van der Waals surface area contributed by atoms with E-state index in [9.17, 15) is 46.1 Å². The molecule has 0 aliphatic heterocycles. The number of carboxylic acids is 1. The highest BCUT2D eigenvalue weighted by molar-refractivity contribution is 5.77. The number of hydrogen-bond acceptors (Lipinski definition) is 9. The number of aliphatic hydroxyl groups excluding tert-OH is 1. The lowest BCUT2D eigenvalue weighted by molar-refractivity contribution is -0.139. The van der Waals surface area contributed by atoms with Gasteiger partial charge in [0, 0.05) is 48.4 Å². The third-order valence-corrected chi connectivity index (χ3v) is 13.7. The Labute approximate surface area is 383 Å². The number of aliphatic carboxylic acids is 1. The van der Waals surface area contributed by atoms with Crippen LogP contribution in [0, 0.1) is 38.5 Å². The molecule has 67 heavy (non-hydrogen) atoms. The number of nitrogens with zero attached hydrogens (tertiary/aromatic N) is 9. The third kappa shape index (κ3) is 10.7. The summed E-state index contributed by atoms with van der Waals surface area (Å²) >= 11 is 0. The van der Waals surface area contributed by atoms with Gasteiger partial charge in [-0.25, -0.2) is 55.3 Å². The number of rotatable bonds is 18. The predicted molar refractivity (Wildman–Crippen MR) is 232 cm³/mol. The number of benzene rings is 3. The molecule has 3 aromatic carbocycles. The molecule has 356 valence electrons.